The summed E-state index contributed by atoms with van der Waals surface area (Å²) < 4.78 is 0. The molecule has 0 aliphatic rings. The first-order valence-corrected chi connectivity index (χ1v) is 4.60. The number of unbranched alkanes of at least 4 members (excludes halogenated alkanes) is 3. The van der Waals surface area contributed by atoms with Crippen LogP contribution in [-0.2, 0) is 4.79 Å². The molecule has 0 spiro atoms. The molecular weight excluding hydrogens is 166 g/mol. The molecule has 13 heavy (non-hydrogen) atoms. The van der Waals surface area contributed by atoms with E-state index in [0.717, 1.165) is 32.2 Å². The van der Waals surface area contributed by atoms with Crippen molar-refractivity contribution in [3.63, 3.8) is 0 Å². The van der Waals surface area contributed by atoms with Crippen molar-refractivity contribution < 1.29 is 9.90 Å². The minimum atomic E-state index is -0.704. The number of hydrogen-bond acceptors (Lipinski definition) is 2. The summed E-state index contributed by atoms with van der Waals surface area (Å²) in [6.45, 7) is 4.33. The second-order valence-corrected chi connectivity index (χ2v) is 2.85. The van der Waals surface area contributed by atoms with Crippen molar-refractivity contribution in [2.45, 2.75) is 32.1 Å². The lowest BCUT2D eigenvalue weighted by Gasteiger charge is -1.96. The molecule has 1 N–H and O–H groups in total. The standard InChI is InChI=1S/C10H17NO2/c1-2-8-11-9-6-4-3-5-7-10(12)13/h2,8H,1,3-7,9H2,(H,12,13). The van der Waals surface area contributed by atoms with Crippen molar-refractivity contribution in [3.05, 3.63) is 12.7 Å². The van der Waals surface area contributed by atoms with Crippen LogP contribution >= 0.6 is 0 Å². The van der Waals surface area contributed by atoms with Crippen LogP contribution in [0.3, 0.4) is 0 Å². The highest BCUT2D eigenvalue weighted by Gasteiger charge is 1.95. The number of carboxylic acid groups (broad SMARTS) is 1. The van der Waals surface area contributed by atoms with Crippen molar-refractivity contribution in [1.82, 2.24) is 0 Å². The lowest BCUT2D eigenvalue weighted by atomic mass is 10.1. The molecule has 0 unspecified atom stereocenters. The summed E-state index contributed by atoms with van der Waals surface area (Å²) in [5.74, 6) is -0.704. The summed E-state index contributed by atoms with van der Waals surface area (Å²) in [6, 6.07) is 0. The Morgan fingerprint density at radius 2 is 2.00 bits per heavy atom. The average Bonchev–Trinajstić information content (AvgIpc) is 2.09. The van der Waals surface area contributed by atoms with Crippen molar-refractivity contribution in [2.24, 2.45) is 4.99 Å². The Balaban J connectivity index is 3.03. The van der Waals surface area contributed by atoms with Gasteiger partial charge in [-0.25, -0.2) is 0 Å². The third-order valence-electron chi connectivity index (χ3n) is 1.64. The fraction of sp³-hybridized carbons (Fsp3) is 0.600. The number of nitrogens with zero attached hydrogens (tertiary/aromatic N) is 1. The Labute approximate surface area is 79.2 Å². The topological polar surface area (TPSA) is 49.7 Å². The van der Waals surface area contributed by atoms with E-state index < -0.39 is 5.97 Å². The van der Waals surface area contributed by atoms with E-state index in [0.29, 0.717) is 0 Å². The maximum atomic E-state index is 10.1. The molecule has 0 saturated carbocycles. The van der Waals surface area contributed by atoms with E-state index >= 15 is 0 Å². The minimum Gasteiger partial charge on any atom is -0.481 e. The molecule has 3 heteroatoms. The molecule has 0 fully saturated rings. The van der Waals surface area contributed by atoms with E-state index in [1.807, 2.05) is 0 Å². The largest absolute Gasteiger partial charge is 0.481 e. The monoisotopic (exact) mass is 183 g/mol. The second kappa shape index (κ2) is 8.97. The highest BCUT2D eigenvalue weighted by Crippen LogP contribution is 2.02. The van der Waals surface area contributed by atoms with Gasteiger partial charge in [0.2, 0.25) is 0 Å². The predicted molar refractivity (Wildman–Crippen MR) is 54.3 cm³/mol. The third-order valence-corrected chi connectivity index (χ3v) is 1.64. The number of aliphatic imine (C=N–C) groups is 1. The number of carbonyl (C=O) groups is 1. The molecule has 0 aliphatic carbocycles. The van der Waals surface area contributed by atoms with Crippen molar-refractivity contribution in [2.75, 3.05) is 6.54 Å². The average molecular weight is 183 g/mol. The van der Waals surface area contributed by atoms with E-state index in [-0.39, 0.29) is 6.42 Å². The van der Waals surface area contributed by atoms with Crippen molar-refractivity contribution >= 4 is 12.2 Å². The summed E-state index contributed by atoms with van der Waals surface area (Å²) in [5, 5.41) is 8.35. The number of allylic oxidation sites excluding steroid dienone is 1. The van der Waals surface area contributed by atoms with Crippen molar-refractivity contribution in [3.8, 4) is 0 Å². The first kappa shape index (κ1) is 11.9. The van der Waals surface area contributed by atoms with Crippen LogP contribution in [-0.4, -0.2) is 23.8 Å². The van der Waals surface area contributed by atoms with Crippen LogP contribution in [0.5, 0.6) is 0 Å². The molecule has 0 saturated heterocycles. The lowest BCUT2D eigenvalue weighted by molar-refractivity contribution is -0.137. The quantitative estimate of drug-likeness (QED) is 0.463. The van der Waals surface area contributed by atoms with Gasteiger partial charge in [-0.1, -0.05) is 25.5 Å². The Morgan fingerprint density at radius 3 is 2.62 bits per heavy atom. The van der Waals surface area contributed by atoms with Gasteiger partial charge in [0.25, 0.3) is 0 Å². The fourth-order valence-corrected chi connectivity index (χ4v) is 0.982. The van der Waals surface area contributed by atoms with E-state index in [1.54, 1.807) is 12.3 Å². The van der Waals surface area contributed by atoms with Crippen molar-refractivity contribution in [1.29, 1.82) is 0 Å². The van der Waals surface area contributed by atoms with Crippen LogP contribution in [0.1, 0.15) is 32.1 Å². The van der Waals surface area contributed by atoms with E-state index in [4.69, 9.17) is 5.11 Å². The van der Waals surface area contributed by atoms with Crippen LogP contribution in [0.2, 0.25) is 0 Å². The number of rotatable bonds is 8. The number of aliphatic carboxylic acids is 1. The van der Waals surface area contributed by atoms with Gasteiger partial charge in [0, 0.05) is 19.2 Å². The second-order valence-electron chi connectivity index (χ2n) is 2.85. The third kappa shape index (κ3) is 10.9. The first-order chi connectivity index (χ1) is 6.27. The molecule has 0 amide bonds. The zero-order valence-electron chi connectivity index (χ0n) is 7.91. The molecule has 0 aromatic carbocycles. The van der Waals surface area contributed by atoms with Gasteiger partial charge in [0.1, 0.15) is 0 Å². The molecular formula is C10H17NO2. The van der Waals surface area contributed by atoms with Gasteiger partial charge in [-0.15, -0.1) is 0 Å². The van der Waals surface area contributed by atoms with E-state index in [9.17, 15) is 4.79 Å². The normalized spacial score (nSPS) is 10.5. The molecule has 74 valence electrons. The molecule has 3 nitrogen and oxygen atoms in total. The molecule has 0 aliphatic heterocycles. The Kier molecular flexibility index (Phi) is 8.20. The zero-order valence-corrected chi connectivity index (χ0v) is 7.91. The highest BCUT2D eigenvalue weighted by molar-refractivity contribution is 5.69. The molecule has 0 heterocycles. The SMILES string of the molecule is C=CC=NCCCCCCC(=O)O. The predicted octanol–water partition coefficient (Wildman–Crippen LogP) is 2.28. The summed E-state index contributed by atoms with van der Waals surface area (Å²) in [4.78, 5) is 14.2. The summed E-state index contributed by atoms with van der Waals surface area (Å²) in [5.41, 5.74) is 0. The van der Waals surface area contributed by atoms with Crippen LogP contribution in [0, 0.1) is 0 Å². The number of carboxylic acids is 1. The summed E-state index contributed by atoms with van der Waals surface area (Å²) in [7, 11) is 0. The Hall–Kier alpha value is -1.12. The minimum absolute atomic E-state index is 0.288. The molecule has 0 atom stereocenters. The first-order valence-electron chi connectivity index (χ1n) is 4.60. The van der Waals surface area contributed by atoms with Gasteiger partial charge >= 0.3 is 5.97 Å². The fourth-order valence-electron chi connectivity index (χ4n) is 0.982. The highest BCUT2D eigenvalue weighted by atomic mass is 16.4. The number of hydrogen-bond donors (Lipinski definition) is 1. The molecule has 0 bridgehead atoms. The maximum absolute atomic E-state index is 10.1. The molecule has 0 radical (unpaired) electrons. The van der Waals surface area contributed by atoms with E-state index in [1.165, 1.54) is 0 Å². The van der Waals surface area contributed by atoms with Crippen LogP contribution in [0.4, 0.5) is 0 Å². The molecule has 0 aromatic heterocycles. The Bertz CT molecular complexity index is 176. The van der Waals surface area contributed by atoms with Crippen LogP contribution < -0.4 is 0 Å². The van der Waals surface area contributed by atoms with Crippen LogP contribution in [0.15, 0.2) is 17.6 Å². The van der Waals surface area contributed by atoms with Gasteiger partial charge < -0.3 is 5.11 Å². The van der Waals surface area contributed by atoms with Crippen LogP contribution in [0.25, 0.3) is 0 Å². The van der Waals surface area contributed by atoms with Gasteiger partial charge in [-0.05, 0) is 12.8 Å². The van der Waals surface area contributed by atoms with Gasteiger partial charge in [-0.2, -0.15) is 0 Å². The maximum Gasteiger partial charge on any atom is 0.303 e. The van der Waals surface area contributed by atoms with E-state index in [2.05, 4.69) is 11.6 Å². The molecule has 0 rings (SSSR count). The van der Waals surface area contributed by atoms with Gasteiger partial charge in [0.15, 0.2) is 0 Å². The lowest BCUT2D eigenvalue weighted by Crippen LogP contribution is -1.93. The smallest absolute Gasteiger partial charge is 0.303 e. The summed E-state index contributed by atoms with van der Waals surface area (Å²) >= 11 is 0. The Morgan fingerprint density at radius 1 is 1.31 bits per heavy atom. The summed E-state index contributed by atoms with van der Waals surface area (Å²) in [6.07, 6.45) is 7.49. The molecule has 0 aromatic rings. The van der Waals surface area contributed by atoms with Gasteiger partial charge in [0.05, 0.1) is 0 Å². The zero-order chi connectivity index (χ0) is 9.94. The van der Waals surface area contributed by atoms with Gasteiger partial charge in [-0.3, -0.25) is 9.79 Å².